The number of nitrogens with one attached hydrogen (secondary N) is 1. The van der Waals surface area contributed by atoms with E-state index < -0.39 is 11.2 Å². The van der Waals surface area contributed by atoms with Crippen molar-refractivity contribution in [1.82, 2.24) is 34.9 Å². The Balaban J connectivity index is 1.44. The van der Waals surface area contributed by atoms with Gasteiger partial charge in [0.05, 0.1) is 17.2 Å². The Kier molecular flexibility index (Phi) is 4.49. The topological polar surface area (TPSA) is 108 Å². The number of hydrogen-bond donors (Lipinski definition) is 1. The van der Waals surface area contributed by atoms with Gasteiger partial charge in [0.2, 0.25) is 0 Å². The van der Waals surface area contributed by atoms with E-state index >= 15 is 0 Å². The minimum absolute atomic E-state index is 0.0345. The van der Waals surface area contributed by atoms with Crippen LogP contribution in [0.2, 0.25) is 0 Å². The van der Waals surface area contributed by atoms with Crippen molar-refractivity contribution in [3.05, 3.63) is 71.6 Å². The van der Waals surface area contributed by atoms with E-state index in [9.17, 15) is 14.0 Å². The molecule has 2 saturated heterocycles. The summed E-state index contributed by atoms with van der Waals surface area (Å²) in [5.74, 6) is 0.363. The number of halogens is 1. The number of pyridine rings is 2. The number of amides is 2. The quantitative estimate of drug-likeness (QED) is 0.681. The average Bonchev–Trinajstić information content (AvgIpc) is 3.46. The summed E-state index contributed by atoms with van der Waals surface area (Å²) in [4.78, 5) is 42.0. The first-order valence-electron chi connectivity index (χ1n) is 9.96. The molecule has 31 heavy (non-hydrogen) atoms. The van der Waals surface area contributed by atoms with Gasteiger partial charge in [-0.25, -0.2) is 14.4 Å². The van der Waals surface area contributed by atoms with Gasteiger partial charge >= 0.3 is 0 Å². The monoisotopic (exact) mass is 421 g/mol. The standard InChI is InChI=1S/C21H20FN7O2/c1-13-25-20(27-26-13)21-11-28(18(30)14-3-2-6-23-7-14)9-15(21)10-29(12-21)19(31)17-5-4-16(22)8-24-17/h2-8,15H,9-12H2,1H3,(H,25,26,27)/t15-,21-/m0/s1. The number of nitrogens with zero attached hydrogens (tertiary/aromatic N) is 6. The van der Waals surface area contributed by atoms with Crippen LogP contribution in [-0.2, 0) is 5.41 Å². The Morgan fingerprint density at radius 2 is 1.90 bits per heavy atom. The second kappa shape index (κ2) is 7.22. The van der Waals surface area contributed by atoms with Crippen LogP contribution in [0.25, 0.3) is 0 Å². The van der Waals surface area contributed by atoms with Gasteiger partial charge in [-0.2, -0.15) is 5.10 Å². The lowest BCUT2D eigenvalue weighted by atomic mass is 9.80. The minimum atomic E-state index is -0.585. The molecular formula is C21H20FN7O2. The number of hydrogen-bond acceptors (Lipinski definition) is 6. The lowest BCUT2D eigenvalue weighted by Crippen LogP contribution is -2.42. The average molecular weight is 421 g/mol. The molecule has 0 aliphatic carbocycles. The van der Waals surface area contributed by atoms with Crippen LogP contribution in [0.4, 0.5) is 4.39 Å². The van der Waals surface area contributed by atoms with Crippen molar-refractivity contribution in [1.29, 1.82) is 0 Å². The summed E-state index contributed by atoms with van der Waals surface area (Å²) >= 11 is 0. The number of likely N-dealkylation sites (tertiary alicyclic amines) is 2. The number of carbonyl (C=O) groups is 2. The van der Waals surface area contributed by atoms with Crippen molar-refractivity contribution in [2.24, 2.45) is 5.92 Å². The van der Waals surface area contributed by atoms with Crippen LogP contribution in [0.5, 0.6) is 0 Å². The third kappa shape index (κ3) is 3.24. The first-order chi connectivity index (χ1) is 15.0. The molecule has 0 radical (unpaired) electrons. The fourth-order valence-electron chi connectivity index (χ4n) is 4.59. The molecule has 5 rings (SSSR count). The van der Waals surface area contributed by atoms with Crippen LogP contribution >= 0.6 is 0 Å². The highest BCUT2D eigenvalue weighted by atomic mass is 19.1. The molecule has 0 unspecified atom stereocenters. The summed E-state index contributed by atoms with van der Waals surface area (Å²) in [5, 5.41) is 7.26. The Morgan fingerprint density at radius 1 is 1.13 bits per heavy atom. The number of rotatable bonds is 3. The summed E-state index contributed by atoms with van der Waals surface area (Å²) in [6.07, 6.45) is 4.21. The van der Waals surface area contributed by atoms with Crippen LogP contribution < -0.4 is 0 Å². The van der Waals surface area contributed by atoms with E-state index in [1.165, 1.54) is 12.1 Å². The van der Waals surface area contributed by atoms with E-state index in [0.717, 1.165) is 6.20 Å². The molecule has 9 nitrogen and oxygen atoms in total. The molecule has 0 saturated carbocycles. The number of aryl methyl sites for hydroxylation is 1. The summed E-state index contributed by atoms with van der Waals surface area (Å²) in [6.45, 7) is 3.47. The van der Waals surface area contributed by atoms with Crippen molar-refractivity contribution in [3.8, 4) is 0 Å². The van der Waals surface area contributed by atoms with Gasteiger partial charge < -0.3 is 9.80 Å². The van der Waals surface area contributed by atoms with Gasteiger partial charge in [0.15, 0.2) is 5.82 Å². The van der Waals surface area contributed by atoms with Crippen LogP contribution in [0, 0.1) is 18.7 Å². The highest BCUT2D eigenvalue weighted by Crippen LogP contribution is 2.44. The van der Waals surface area contributed by atoms with Crippen LogP contribution in [0.15, 0.2) is 42.9 Å². The largest absolute Gasteiger partial charge is 0.337 e. The molecular weight excluding hydrogens is 401 g/mol. The highest BCUT2D eigenvalue weighted by molar-refractivity contribution is 5.95. The maximum Gasteiger partial charge on any atom is 0.272 e. The molecule has 1 N–H and O–H groups in total. The Bertz CT molecular complexity index is 1130. The molecule has 5 heterocycles. The van der Waals surface area contributed by atoms with E-state index in [-0.39, 0.29) is 23.4 Å². The maximum atomic E-state index is 13.2. The molecule has 10 heteroatoms. The number of carbonyl (C=O) groups excluding carboxylic acids is 2. The van der Waals surface area contributed by atoms with Crippen molar-refractivity contribution in [3.63, 3.8) is 0 Å². The van der Waals surface area contributed by atoms with Crippen molar-refractivity contribution in [2.45, 2.75) is 12.3 Å². The first-order valence-corrected chi connectivity index (χ1v) is 9.96. The zero-order chi connectivity index (χ0) is 21.6. The predicted octanol–water partition coefficient (Wildman–Crippen LogP) is 1.21. The summed E-state index contributed by atoms with van der Waals surface area (Å²) in [5.41, 5.74) is 0.122. The molecule has 2 aliphatic heterocycles. The lowest BCUT2D eigenvalue weighted by Gasteiger charge is -2.26. The molecule has 0 bridgehead atoms. The Labute approximate surface area is 177 Å². The minimum Gasteiger partial charge on any atom is -0.337 e. The van der Waals surface area contributed by atoms with Crippen LogP contribution in [0.1, 0.15) is 32.5 Å². The van der Waals surface area contributed by atoms with Crippen molar-refractivity contribution in [2.75, 3.05) is 26.2 Å². The molecule has 0 aromatic carbocycles. The fourth-order valence-corrected chi connectivity index (χ4v) is 4.59. The first kappa shape index (κ1) is 19.3. The Morgan fingerprint density at radius 3 is 2.52 bits per heavy atom. The zero-order valence-corrected chi connectivity index (χ0v) is 16.8. The normalized spacial score (nSPS) is 22.6. The molecule has 0 spiro atoms. The zero-order valence-electron chi connectivity index (χ0n) is 16.8. The van der Waals surface area contributed by atoms with E-state index in [4.69, 9.17) is 0 Å². The van der Waals surface area contributed by atoms with E-state index in [0.29, 0.717) is 43.4 Å². The van der Waals surface area contributed by atoms with Crippen molar-refractivity contribution < 1.29 is 14.0 Å². The molecule has 2 aliphatic rings. The second-order valence-electron chi connectivity index (χ2n) is 8.07. The Hall–Kier alpha value is -3.69. The van der Waals surface area contributed by atoms with Gasteiger partial charge in [0.1, 0.15) is 17.3 Å². The van der Waals surface area contributed by atoms with Crippen molar-refractivity contribution >= 4 is 11.8 Å². The van der Waals surface area contributed by atoms with Crippen LogP contribution in [0.3, 0.4) is 0 Å². The smallest absolute Gasteiger partial charge is 0.272 e. The molecule has 3 aromatic rings. The van der Waals surface area contributed by atoms with Gasteiger partial charge in [-0.3, -0.25) is 19.7 Å². The number of aromatic amines is 1. The molecule has 2 atom stereocenters. The fraction of sp³-hybridized carbons (Fsp3) is 0.333. The van der Waals surface area contributed by atoms with Gasteiger partial charge in [-0.15, -0.1) is 0 Å². The predicted molar refractivity (Wildman–Crippen MR) is 107 cm³/mol. The van der Waals surface area contributed by atoms with E-state index in [2.05, 4.69) is 25.1 Å². The van der Waals surface area contributed by atoms with Gasteiger partial charge in [-0.1, -0.05) is 0 Å². The second-order valence-corrected chi connectivity index (χ2v) is 8.07. The third-order valence-electron chi connectivity index (χ3n) is 6.08. The summed E-state index contributed by atoms with van der Waals surface area (Å²) in [7, 11) is 0. The molecule has 3 aromatic heterocycles. The highest BCUT2D eigenvalue weighted by Gasteiger charge is 2.57. The SMILES string of the molecule is Cc1nc([C@]23CN(C(=O)c4cccnc4)C[C@H]2CN(C(=O)c2ccc(F)cn2)C3)n[nH]1. The van der Waals surface area contributed by atoms with E-state index in [1.807, 2.05) is 6.92 Å². The lowest BCUT2D eigenvalue weighted by molar-refractivity contribution is 0.0728. The number of H-pyrrole nitrogens is 1. The number of aromatic nitrogens is 5. The summed E-state index contributed by atoms with van der Waals surface area (Å²) in [6, 6.07) is 6.07. The van der Waals surface area contributed by atoms with Gasteiger partial charge in [0.25, 0.3) is 11.8 Å². The summed E-state index contributed by atoms with van der Waals surface area (Å²) < 4.78 is 13.2. The molecule has 2 amide bonds. The van der Waals surface area contributed by atoms with E-state index in [1.54, 1.807) is 34.3 Å². The maximum absolute atomic E-state index is 13.2. The third-order valence-corrected chi connectivity index (χ3v) is 6.08. The van der Waals surface area contributed by atoms with Gasteiger partial charge in [0, 0.05) is 44.5 Å². The van der Waals surface area contributed by atoms with Crippen LogP contribution in [-0.4, -0.2) is 72.9 Å². The van der Waals surface area contributed by atoms with Gasteiger partial charge in [-0.05, 0) is 31.2 Å². The molecule has 158 valence electrons. The molecule has 2 fully saturated rings. The number of fused-ring (bicyclic) bond motifs is 1.